The van der Waals surface area contributed by atoms with Crippen LogP contribution in [0.5, 0.6) is 0 Å². The van der Waals surface area contributed by atoms with Gasteiger partial charge in [-0.2, -0.15) is 0 Å². The Morgan fingerprint density at radius 3 is 2.20 bits per heavy atom. The first-order chi connectivity index (χ1) is 16.9. The topological polar surface area (TPSA) is 123 Å². The lowest BCUT2D eigenvalue weighted by Gasteiger charge is -2.19. The molecule has 0 saturated heterocycles. The molecule has 2 aromatic carbocycles. The van der Waals surface area contributed by atoms with E-state index in [9.17, 15) is 14.4 Å². The van der Waals surface area contributed by atoms with E-state index in [-0.39, 0.29) is 38.5 Å². The van der Waals surface area contributed by atoms with Gasteiger partial charge in [-0.15, -0.1) is 0 Å². The summed E-state index contributed by atoms with van der Waals surface area (Å²) in [6, 6.07) is 16.2. The summed E-state index contributed by atoms with van der Waals surface area (Å²) in [6.07, 6.45) is -1.99. The highest BCUT2D eigenvalue weighted by atomic mass is 16.5. The molecule has 9 heteroatoms. The van der Waals surface area contributed by atoms with Gasteiger partial charge in [0.2, 0.25) is 5.91 Å². The highest BCUT2D eigenvalue weighted by Crippen LogP contribution is 2.44. The second-order valence-electron chi connectivity index (χ2n) is 8.19. The second-order valence-corrected chi connectivity index (χ2v) is 8.19. The van der Waals surface area contributed by atoms with Crippen molar-refractivity contribution in [2.24, 2.45) is 0 Å². The van der Waals surface area contributed by atoms with Crippen LogP contribution in [0.2, 0.25) is 0 Å². The molecule has 0 aromatic heterocycles. The molecular formula is C26H32N2O7. The lowest BCUT2D eigenvalue weighted by molar-refractivity contribution is -0.141. The van der Waals surface area contributed by atoms with Gasteiger partial charge in [0.1, 0.15) is 12.7 Å². The predicted octanol–water partition coefficient (Wildman–Crippen LogP) is 2.93. The van der Waals surface area contributed by atoms with E-state index >= 15 is 0 Å². The Labute approximate surface area is 204 Å². The number of carboxylic acids is 1. The number of benzene rings is 2. The van der Waals surface area contributed by atoms with Crippen molar-refractivity contribution in [1.29, 1.82) is 0 Å². The first kappa shape index (κ1) is 26.2. The molecule has 9 nitrogen and oxygen atoms in total. The van der Waals surface area contributed by atoms with Crippen LogP contribution < -0.4 is 10.6 Å². The SMILES string of the molecule is CCOC(CNC(=O)C(CCNC(=O)OCC1c2ccccc2-c2ccccc21)OC)CC(=O)O. The Hall–Kier alpha value is -3.43. The molecule has 0 heterocycles. The molecule has 0 aliphatic heterocycles. The van der Waals surface area contributed by atoms with Crippen LogP contribution in [0.1, 0.15) is 36.8 Å². The highest BCUT2D eigenvalue weighted by Gasteiger charge is 2.29. The summed E-state index contributed by atoms with van der Waals surface area (Å²) in [6.45, 7) is 2.52. The van der Waals surface area contributed by atoms with Crippen molar-refractivity contribution in [1.82, 2.24) is 10.6 Å². The van der Waals surface area contributed by atoms with Crippen LogP contribution in [0.25, 0.3) is 11.1 Å². The Bertz CT molecular complexity index is 981. The number of carbonyl (C=O) groups excluding carboxylic acids is 2. The van der Waals surface area contributed by atoms with Crippen LogP contribution in [-0.2, 0) is 23.8 Å². The number of hydrogen-bond acceptors (Lipinski definition) is 6. The fraction of sp³-hybridized carbons (Fsp3) is 0.423. The van der Waals surface area contributed by atoms with Gasteiger partial charge in [0.05, 0.1) is 12.5 Å². The molecule has 0 bridgehead atoms. The smallest absolute Gasteiger partial charge is 0.407 e. The minimum atomic E-state index is -1.01. The van der Waals surface area contributed by atoms with E-state index in [4.69, 9.17) is 19.3 Å². The molecule has 2 amide bonds. The molecule has 0 spiro atoms. The first-order valence-corrected chi connectivity index (χ1v) is 11.7. The second kappa shape index (κ2) is 12.9. The van der Waals surface area contributed by atoms with Crippen LogP contribution in [0.3, 0.4) is 0 Å². The third-order valence-corrected chi connectivity index (χ3v) is 5.91. The molecule has 3 N–H and O–H groups in total. The molecular weight excluding hydrogens is 452 g/mol. The van der Waals surface area contributed by atoms with Gasteiger partial charge in [0, 0.05) is 39.1 Å². The van der Waals surface area contributed by atoms with E-state index in [0.717, 1.165) is 22.3 Å². The molecule has 0 fully saturated rings. The molecule has 1 aliphatic rings. The number of amides is 2. The van der Waals surface area contributed by atoms with Crippen molar-refractivity contribution in [3.05, 3.63) is 59.7 Å². The Balaban J connectivity index is 1.44. The molecule has 2 unspecified atom stereocenters. The fourth-order valence-corrected chi connectivity index (χ4v) is 4.26. The van der Waals surface area contributed by atoms with E-state index in [1.54, 1.807) is 6.92 Å². The van der Waals surface area contributed by atoms with Crippen LogP contribution in [0, 0.1) is 0 Å². The number of fused-ring (bicyclic) bond motifs is 3. The minimum Gasteiger partial charge on any atom is -0.481 e. The van der Waals surface area contributed by atoms with Gasteiger partial charge in [-0.25, -0.2) is 4.79 Å². The zero-order valence-corrected chi connectivity index (χ0v) is 20.0. The van der Waals surface area contributed by atoms with E-state index in [1.807, 2.05) is 24.3 Å². The van der Waals surface area contributed by atoms with E-state index in [2.05, 4.69) is 34.9 Å². The highest BCUT2D eigenvalue weighted by molar-refractivity contribution is 5.81. The number of ether oxygens (including phenoxy) is 3. The molecule has 0 saturated carbocycles. The summed E-state index contributed by atoms with van der Waals surface area (Å²) < 4.78 is 16.1. The average Bonchev–Trinajstić information content (AvgIpc) is 3.17. The summed E-state index contributed by atoms with van der Waals surface area (Å²) in [5.41, 5.74) is 4.57. The van der Waals surface area contributed by atoms with E-state index in [0.29, 0.717) is 6.61 Å². The lowest BCUT2D eigenvalue weighted by Crippen LogP contribution is -2.42. The van der Waals surface area contributed by atoms with Crippen LogP contribution in [0.4, 0.5) is 4.79 Å². The zero-order chi connectivity index (χ0) is 25.2. The molecule has 0 radical (unpaired) electrons. The lowest BCUT2D eigenvalue weighted by atomic mass is 9.98. The molecule has 2 atom stereocenters. The van der Waals surface area contributed by atoms with Crippen molar-refractivity contribution in [2.75, 3.05) is 33.4 Å². The standard InChI is InChI=1S/C26H32N2O7/c1-3-34-17(14-24(29)30)15-28-25(31)23(33-2)12-13-27-26(32)35-16-22-20-10-6-4-8-18(20)19-9-5-7-11-21(19)22/h4-11,17,22-23H,3,12-16H2,1-2H3,(H,27,32)(H,28,31)(H,29,30). The van der Waals surface area contributed by atoms with Gasteiger partial charge in [-0.3, -0.25) is 9.59 Å². The third kappa shape index (κ3) is 7.03. The summed E-state index contributed by atoms with van der Waals surface area (Å²) in [4.78, 5) is 35.6. The van der Waals surface area contributed by atoms with Crippen molar-refractivity contribution in [3.8, 4) is 11.1 Å². The van der Waals surface area contributed by atoms with E-state index in [1.165, 1.54) is 7.11 Å². The molecule has 35 heavy (non-hydrogen) atoms. The van der Waals surface area contributed by atoms with Crippen LogP contribution in [0.15, 0.2) is 48.5 Å². The number of alkyl carbamates (subject to hydrolysis) is 1. The fourth-order valence-electron chi connectivity index (χ4n) is 4.26. The Morgan fingerprint density at radius 2 is 1.63 bits per heavy atom. The summed E-state index contributed by atoms with van der Waals surface area (Å²) in [7, 11) is 1.40. The minimum absolute atomic E-state index is 0.0326. The van der Waals surface area contributed by atoms with Gasteiger partial charge in [0.15, 0.2) is 0 Å². The van der Waals surface area contributed by atoms with Gasteiger partial charge in [-0.1, -0.05) is 48.5 Å². The quantitative estimate of drug-likeness (QED) is 0.399. The average molecular weight is 485 g/mol. The Morgan fingerprint density at radius 1 is 1.00 bits per heavy atom. The van der Waals surface area contributed by atoms with Crippen LogP contribution in [-0.4, -0.2) is 68.7 Å². The van der Waals surface area contributed by atoms with Gasteiger partial charge < -0.3 is 30.0 Å². The van der Waals surface area contributed by atoms with Gasteiger partial charge >= 0.3 is 12.1 Å². The number of nitrogens with one attached hydrogen (secondary N) is 2. The zero-order valence-electron chi connectivity index (χ0n) is 20.0. The maximum atomic E-state index is 12.4. The molecule has 188 valence electrons. The van der Waals surface area contributed by atoms with Crippen molar-refractivity contribution >= 4 is 18.0 Å². The van der Waals surface area contributed by atoms with Crippen molar-refractivity contribution < 1.29 is 33.7 Å². The molecule has 3 rings (SSSR count). The number of carbonyl (C=O) groups is 3. The predicted molar refractivity (Wildman–Crippen MR) is 129 cm³/mol. The summed E-state index contributed by atoms with van der Waals surface area (Å²) in [5, 5.41) is 14.2. The molecule has 1 aliphatic carbocycles. The van der Waals surface area contributed by atoms with Crippen molar-refractivity contribution in [2.45, 2.75) is 37.9 Å². The third-order valence-electron chi connectivity index (χ3n) is 5.91. The summed E-state index contributed by atoms with van der Waals surface area (Å²) >= 11 is 0. The van der Waals surface area contributed by atoms with Crippen molar-refractivity contribution in [3.63, 3.8) is 0 Å². The normalized spacial score (nSPS) is 13.9. The van der Waals surface area contributed by atoms with Gasteiger partial charge in [0.25, 0.3) is 0 Å². The monoisotopic (exact) mass is 484 g/mol. The Kier molecular flexibility index (Phi) is 9.63. The molecule has 2 aromatic rings. The first-order valence-electron chi connectivity index (χ1n) is 11.7. The largest absolute Gasteiger partial charge is 0.481 e. The van der Waals surface area contributed by atoms with E-state index < -0.39 is 30.2 Å². The number of methoxy groups -OCH3 is 1. The summed E-state index contributed by atoms with van der Waals surface area (Å²) in [5.74, 6) is -1.44. The maximum Gasteiger partial charge on any atom is 0.407 e. The number of hydrogen-bond donors (Lipinski definition) is 3. The maximum absolute atomic E-state index is 12.4. The van der Waals surface area contributed by atoms with Crippen LogP contribution >= 0.6 is 0 Å². The number of carboxylic acid groups (broad SMARTS) is 1. The number of aliphatic carboxylic acids is 1. The number of rotatable bonds is 13. The van der Waals surface area contributed by atoms with Gasteiger partial charge in [-0.05, 0) is 29.2 Å².